The van der Waals surface area contributed by atoms with Crippen molar-refractivity contribution in [2.24, 2.45) is 0 Å². The van der Waals surface area contributed by atoms with Gasteiger partial charge in [-0.1, -0.05) is 30.3 Å². The molecule has 3 aromatic rings. The summed E-state index contributed by atoms with van der Waals surface area (Å²) in [7, 11) is 1.64. The molecule has 166 valence electrons. The van der Waals surface area contributed by atoms with Crippen LogP contribution >= 0.6 is 0 Å². The van der Waals surface area contributed by atoms with Crippen molar-refractivity contribution >= 4 is 22.8 Å². The number of aliphatic hydroxyl groups is 2. The van der Waals surface area contributed by atoms with Crippen molar-refractivity contribution < 1.29 is 24.5 Å². The normalized spacial score (nSPS) is 17.9. The summed E-state index contributed by atoms with van der Waals surface area (Å²) in [4.78, 5) is 28.7. The summed E-state index contributed by atoms with van der Waals surface area (Å²) in [5, 5.41) is 19.4. The lowest BCUT2D eigenvalue weighted by molar-refractivity contribution is -0.129. The summed E-state index contributed by atoms with van der Waals surface area (Å²) in [6, 6.07) is 15.1. The van der Waals surface area contributed by atoms with Gasteiger partial charge in [-0.15, -0.1) is 0 Å². The van der Waals surface area contributed by atoms with Crippen LogP contribution in [-0.2, 0) is 24.3 Å². The number of fused-ring (bicyclic) bond motifs is 4. The molecule has 0 aliphatic carbocycles. The van der Waals surface area contributed by atoms with Gasteiger partial charge in [0.15, 0.2) is 6.29 Å². The fourth-order valence-corrected chi connectivity index (χ4v) is 4.81. The molecular formula is C24H25N3O5. The van der Waals surface area contributed by atoms with Crippen LogP contribution in [0.3, 0.4) is 0 Å². The Labute approximate surface area is 185 Å². The number of carbonyl (C=O) groups excluding carboxylic acids is 2. The van der Waals surface area contributed by atoms with Gasteiger partial charge in [0.2, 0.25) is 0 Å². The van der Waals surface area contributed by atoms with E-state index in [9.17, 15) is 9.59 Å². The highest BCUT2D eigenvalue weighted by molar-refractivity contribution is 6.05. The fraction of sp³-hybridized carbons (Fsp3) is 0.333. The number of methoxy groups -OCH3 is 1. The number of rotatable bonds is 6. The highest BCUT2D eigenvalue weighted by Crippen LogP contribution is 2.37. The number of amides is 3. The molecule has 0 unspecified atom stereocenters. The lowest BCUT2D eigenvalue weighted by atomic mass is 9.97. The standard InChI is InChI=1S/C24H25N3O5/c1-32-16-8-6-15(7-9-16)13-26-19-5-3-2-4-17(19)18-12-20-23(30)25(11-10-22(28)29)24(31)27(20)14-21(18)26/h2-9,20,22,28-29H,10-14H2,1H3/t20-/m0/s1. The van der Waals surface area contributed by atoms with Gasteiger partial charge in [-0.3, -0.25) is 9.69 Å². The van der Waals surface area contributed by atoms with Crippen LogP contribution in [0.15, 0.2) is 48.5 Å². The van der Waals surface area contributed by atoms with E-state index in [-0.39, 0.29) is 24.9 Å². The lowest BCUT2D eigenvalue weighted by Crippen LogP contribution is -2.40. The Bertz CT molecular complexity index is 1180. The maximum Gasteiger partial charge on any atom is 0.327 e. The minimum atomic E-state index is -1.55. The van der Waals surface area contributed by atoms with Gasteiger partial charge in [-0.2, -0.15) is 0 Å². The summed E-state index contributed by atoms with van der Waals surface area (Å²) in [5.74, 6) is 0.526. The molecule has 0 saturated carbocycles. The first-order valence-electron chi connectivity index (χ1n) is 10.7. The number of benzene rings is 2. The molecule has 2 N–H and O–H groups in total. The molecule has 5 rings (SSSR count). The van der Waals surface area contributed by atoms with E-state index < -0.39 is 12.3 Å². The molecule has 0 bridgehead atoms. The number of ether oxygens (including phenoxy) is 1. The lowest BCUT2D eigenvalue weighted by Gasteiger charge is -2.28. The molecule has 2 aliphatic heterocycles. The first kappa shape index (κ1) is 20.5. The molecular weight excluding hydrogens is 410 g/mol. The van der Waals surface area contributed by atoms with E-state index in [1.165, 1.54) is 0 Å². The van der Waals surface area contributed by atoms with E-state index in [2.05, 4.69) is 16.7 Å². The van der Waals surface area contributed by atoms with Crippen LogP contribution in [0.1, 0.15) is 23.2 Å². The molecule has 0 radical (unpaired) electrons. The molecule has 1 atom stereocenters. The Morgan fingerprint density at radius 3 is 2.56 bits per heavy atom. The second kappa shape index (κ2) is 7.96. The monoisotopic (exact) mass is 435 g/mol. The predicted octanol–water partition coefficient (Wildman–Crippen LogP) is 2.09. The maximum atomic E-state index is 13.0. The Morgan fingerprint density at radius 1 is 1.09 bits per heavy atom. The summed E-state index contributed by atoms with van der Waals surface area (Å²) >= 11 is 0. The van der Waals surface area contributed by atoms with E-state index >= 15 is 0 Å². The molecule has 0 spiro atoms. The van der Waals surface area contributed by atoms with E-state index in [0.29, 0.717) is 19.5 Å². The molecule has 1 aromatic heterocycles. The summed E-state index contributed by atoms with van der Waals surface area (Å²) in [5.41, 5.74) is 4.32. The molecule has 1 fully saturated rings. The van der Waals surface area contributed by atoms with Gasteiger partial charge in [-0.05, 0) is 29.3 Å². The molecule has 32 heavy (non-hydrogen) atoms. The Kier molecular flexibility index (Phi) is 5.11. The van der Waals surface area contributed by atoms with Crippen molar-refractivity contribution in [2.45, 2.75) is 38.3 Å². The average molecular weight is 435 g/mol. The quantitative estimate of drug-likeness (QED) is 0.457. The molecule has 2 aromatic carbocycles. The summed E-state index contributed by atoms with van der Waals surface area (Å²) in [6.45, 7) is 0.980. The zero-order chi connectivity index (χ0) is 22.4. The molecule has 8 nitrogen and oxygen atoms in total. The minimum Gasteiger partial charge on any atom is -0.497 e. The number of nitrogens with zero attached hydrogens (tertiary/aromatic N) is 3. The van der Waals surface area contributed by atoms with Gasteiger partial charge in [0.25, 0.3) is 5.91 Å². The zero-order valence-electron chi connectivity index (χ0n) is 17.8. The SMILES string of the molecule is COc1ccc(Cn2c3c(c4ccccc42)C[C@H]2C(=O)N(CCC(O)O)C(=O)N2C3)cc1. The van der Waals surface area contributed by atoms with E-state index in [0.717, 1.165) is 38.4 Å². The van der Waals surface area contributed by atoms with E-state index in [4.69, 9.17) is 14.9 Å². The Balaban J connectivity index is 1.51. The average Bonchev–Trinajstić information content (AvgIpc) is 3.23. The van der Waals surface area contributed by atoms with Crippen molar-refractivity contribution in [2.75, 3.05) is 13.7 Å². The van der Waals surface area contributed by atoms with Crippen LogP contribution in [-0.4, -0.2) is 62.5 Å². The van der Waals surface area contributed by atoms with Crippen molar-refractivity contribution in [1.82, 2.24) is 14.4 Å². The van der Waals surface area contributed by atoms with Gasteiger partial charge in [-0.25, -0.2) is 4.79 Å². The smallest absolute Gasteiger partial charge is 0.327 e. The second-order valence-corrected chi connectivity index (χ2v) is 8.27. The fourth-order valence-electron chi connectivity index (χ4n) is 4.81. The minimum absolute atomic E-state index is 0.000844. The Hall–Kier alpha value is -3.36. The third kappa shape index (κ3) is 3.32. The number of hydrogen-bond acceptors (Lipinski definition) is 5. The largest absolute Gasteiger partial charge is 0.497 e. The molecule has 3 amide bonds. The van der Waals surface area contributed by atoms with Crippen molar-refractivity contribution in [3.63, 3.8) is 0 Å². The second-order valence-electron chi connectivity index (χ2n) is 8.27. The number of aromatic nitrogens is 1. The highest BCUT2D eigenvalue weighted by Gasteiger charge is 2.48. The Morgan fingerprint density at radius 2 is 1.84 bits per heavy atom. The molecule has 8 heteroatoms. The van der Waals surface area contributed by atoms with Gasteiger partial charge in [0, 0.05) is 42.5 Å². The van der Waals surface area contributed by atoms with Crippen LogP contribution in [0, 0.1) is 0 Å². The number of para-hydroxylation sites is 1. The third-order valence-electron chi connectivity index (χ3n) is 6.43. The highest BCUT2D eigenvalue weighted by atomic mass is 16.5. The van der Waals surface area contributed by atoms with Crippen molar-refractivity contribution in [3.05, 3.63) is 65.4 Å². The number of urea groups is 1. The number of carbonyl (C=O) groups is 2. The van der Waals surface area contributed by atoms with Crippen molar-refractivity contribution in [1.29, 1.82) is 0 Å². The third-order valence-corrected chi connectivity index (χ3v) is 6.43. The molecule has 2 aliphatic rings. The number of imide groups is 1. The molecule has 1 saturated heterocycles. The van der Waals surface area contributed by atoms with E-state index in [1.807, 2.05) is 36.4 Å². The van der Waals surface area contributed by atoms with Crippen LogP contribution in [0.5, 0.6) is 5.75 Å². The van der Waals surface area contributed by atoms with Crippen LogP contribution in [0.25, 0.3) is 10.9 Å². The van der Waals surface area contributed by atoms with Gasteiger partial charge in [0.1, 0.15) is 11.8 Å². The number of aliphatic hydroxyl groups excluding tert-OH is 1. The summed E-state index contributed by atoms with van der Waals surface area (Å²) < 4.78 is 7.48. The first-order valence-corrected chi connectivity index (χ1v) is 10.7. The van der Waals surface area contributed by atoms with Crippen molar-refractivity contribution in [3.8, 4) is 5.75 Å². The predicted molar refractivity (Wildman–Crippen MR) is 117 cm³/mol. The molecule has 3 heterocycles. The summed E-state index contributed by atoms with van der Waals surface area (Å²) in [6.07, 6.45) is -1.16. The first-order chi connectivity index (χ1) is 15.5. The number of hydrogen-bond donors (Lipinski definition) is 2. The van der Waals surface area contributed by atoms with Crippen LogP contribution < -0.4 is 4.74 Å². The van der Waals surface area contributed by atoms with Crippen LogP contribution in [0.4, 0.5) is 4.79 Å². The van der Waals surface area contributed by atoms with Gasteiger partial charge in [0.05, 0.1) is 13.7 Å². The van der Waals surface area contributed by atoms with Gasteiger partial charge >= 0.3 is 6.03 Å². The van der Waals surface area contributed by atoms with Gasteiger partial charge < -0.3 is 24.4 Å². The topological polar surface area (TPSA) is 95.2 Å². The van der Waals surface area contributed by atoms with Crippen LogP contribution in [0.2, 0.25) is 0 Å². The van der Waals surface area contributed by atoms with E-state index in [1.54, 1.807) is 12.0 Å². The maximum absolute atomic E-state index is 13.0. The zero-order valence-corrected chi connectivity index (χ0v) is 17.8.